The average Bonchev–Trinajstić information content (AvgIpc) is 2.93. The molecule has 3 aromatic rings. The Bertz CT molecular complexity index is 978. The van der Waals surface area contributed by atoms with Crippen LogP contribution in [0.4, 0.5) is 11.4 Å². The Morgan fingerprint density at radius 2 is 1.88 bits per heavy atom. The Kier molecular flexibility index (Phi) is 4.88. The molecule has 7 nitrogen and oxygen atoms in total. The summed E-state index contributed by atoms with van der Waals surface area (Å²) in [5.41, 5.74) is 4.03. The SMILES string of the molecule is Cc1[nH]c2c(C(=O)NCCNc3ccccc3[N+](=O)[O-])cccc2c1C. The summed E-state index contributed by atoms with van der Waals surface area (Å²) in [6.07, 6.45) is 0. The van der Waals surface area contributed by atoms with E-state index in [4.69, 9.17) is 0 Å². The number of amides is 1. The maximum absolute atomic E-state index is 12.5. The summed E-state index contributed by atoms with van der Waals surface area (Å²) in [4.78, 5) is 26.3. The second-order valence-electron chi connectivity index (χ2n) is 6.06. The Labute approximate surface area is 150 Å². The van der Waals surface area contributed by atoms with E-state index < -0.39 is 4.92 Å². The number of benzene rings is 2. The molecule has 0 bridgehead atoms. The number of aryl methyl sites for hydroxylation is 2. The first-order valence-corrected chi connectivity index (χ1v) is 8.32. The van der Waals surface area contributed by atoms with Gasteiger partial charge in [0, 0.05) is 30.2 Å². The molecule has 1 heterocycles. The molecule has 3 N–H and O–H groups in total. The minimum atomic E-state index is -0.433. The summed E-state index contributed by atoms with van der Waals surface area (Å²) in [6.45, 7) is 4.73. The van der Waals surface area contributed by atoms with Crippen LogP contribution in [0.1, 0.15) is 21.6 Å². The summed E-state index contributed by atoms with van der Waals surface area (Å²) in [7, 11) is 0. The quantitative estimate of drug-likeness (QED) is 0.359. The Balaban J connectivity index is 1.64. The summed E-state index contributed by atoms with van der Waals surface area (Å²) in [5.74, 6) is -0.179. The fourth-order valence-corrected chi connectivity index (χ4v) is 2.92. The van der Waals surface area contributed by atoms with Crippen LogP contribution >= 0.6 is 0 Å². The van der Waals surface area contributed by atoms with Crippen molar-refractivity contribution in [2.75, 3.05) is 18.4 Å². The molecule has 0 saturated heterocycles. The van der Waals surface area contributed by atoms with Crippen molar-refractivity contribution in [2.45, 2.75) is 13.8 Å². The summed E-state index contributed by atoms with van der Waals surface area (Å²) < 4.78 is 0. The molecule has 7 heteroatoms. The van der Waals surface area contributed by atoms with Crippen molar-refractivity contribution in [3.63, 3.8) is 0 Å². The molecule has 0 atom stereocenters. The van der Waals surface area contributed by atoms with Crippen molar-refractivity contribution in [3.8, 4) is 0 Å². The minimum Gasteiger partial charge on any atom is -0.378 e. The fourth-order valence-electron chi connectivity index (χ4n) is 2.92. The van der Waals surface area contributed by atoms with Gasteiger partial charge < -0.3 is 15.6 Å². The second-order valence-corrected chi connectivity index (χ2v) is 6.06. The zero-order valence-corrected chi connectivity index (χ0v) is 14.6. The Hall–Kier alpha value is -3.35. The molecule has 26 heavy (non-hydrogen) atoms. The molecule has 0 fully saturated rings. The Morgan fingerprint density at radius 1 is 1.12 bits per heavy atom. The minimum absolute atomic E-state index is 0.0148. The molecule has 0 spiro atoms. The van der Waals surface area contributed by atoms with E-state index in [1.54, 1.807) is 24.3 Å². The number of aromatic amines is 1. The van der Waals surface area contributed by atoms with Gasteiger partial charge in [-0.1, -0.05) is 24.3 Å². The number of nitro benzene ring substituents is 1. The van der Waals surface area contributed by atoms with E-state index in [0.717, 1.165) is 22.2 Å². The van der Waals surface area contributed by atoms with Gasteiger partial charge in [0.2, 0.25) is 0 Å². The van der Waals surface area contributed by atoms with Crippen LogP contribution < -0.4 is 10.6 Å². The number of fused-ring (bicyclic) bond motifs is 1. The van der Waals surface area contributed by atoms with E-state index in [1.807, 2.05) is 26.0 Å². The lowest BCUT2D eigenvalue weighted by Crippen LogP contribution is -2.29. The van der Waals surface area contributed by atoms with E-state index in [1.165, 1.54) is 6.07 Å². The normalized spacial score (nSPS) is 10.7. The molecular weight excluding hydrogens is 332 g/mol. The zero-order valence-electron chi connectivity index (χ0n) is 14.6. The highest BCUT2D eigenvalue weighted by Gasteiger charge is 2.14. The van der Waals surface area contributed by atoms with E-state index >= 15 is 0 Å². The monoisotopic (exact) mass is 352 g/mol. The van der Waals surface area contributed by atoms with Gasteiger partial charge in [-0.05, 0) is 31.5 Å². The van der Waals surface area contributed by atoms with E-state index in [-0.39, 0.29) is 11.6 Å². The number of para-hydroxylation sites is 3. The predicted molar refractivity (Wildman–Crippen MR) is 102 cm³/mol. The van der Waals surface area contributed by atoms with E-state index in [0.29, 0.717) is 24.3 Å². The number of nitrogens with zero attached hydrogens (tertiary/aromatic N) is 1. The molecule has 1 aromatic heterocycles. The molecule has 0 saturated carbocycles. The molecule has 1 amide bonds. The van der Waals surface area contributed by atoms with Crippen molar-refractivity contribution in [3.05, 3.63) is 69.4 Å². The van der Waals surface area contributed by atoms with Crippen LogP contribution in [0.15, 0.2) is 42.5 Å². The highest BCUT2D eigenvalue weighted by molar-refractivity contribution is 6.06. The van der Waals surface area contributed by atoms with E-state index in [9.17, 15) is 14.9 Å². The van der Waals surface area contributed by atoms with Crippen molar-refractivity contribution in [1.82, 2.24) is 10.3 Å². The van der Waals surface area contributed by atoms with E-state index in [2.05, 4.69) is 15.6 Å². The summed E-state index contributed by atoms with van der Waals surface area (Å²) in [6, 6.07) is 12.1. The lowest BCUT2D eigenvalue weighted by atomic mass is 10.1. The Morgan fingerprint density at radius 3 is 2.65 bits per heavy atom. The summed E-state index contributed by atoms with van der Waals surface area (Å²) in [5, 5.41) is 17.9. The zero-order chi connectivity index (χ0) is 18.7. The van der Waals surface area contributed by atoms with Crippen molar-refractivity contribution < 1.29 is 9.72 Å². The first kappa shape index (κ1) is 17.5. The third-order valence-corrected chi connectivity index (χ3v) is 4.41. The van der Waals surface area contributed by atoms with Crippen molar-refractivity contribution in [2.24, 2.45) is 0 Å². The number of hydrogen-bond acceptors (Lipinski definition) is 4. The fraction of sp³-hybridized carbons (Fsp3) is 0.211. The standard InChI is InChI=1S/C19H20N4O3/c1-12-13(2)22-18-14(12)6-5-7-15(18)19(24)21-11-10-20-16-8-3-4-9-17(16)23(25)26/h3-9,20,22H,10-11H2,1-2H3,(H,21,24). The first-order chi connectivity index (χ1) is 12.5. The molecule has 0 unspecified atom stereocenters. The van der Waals surface area contributed by atoms with Crippen LogP contribution in [0, 0.1) is 24.0 Å². The van der Waals surface area contributed by atoms with Crippen molar-refractivity contribution >= 4 is 28.2 Å². The number of nitro groups is 1. The van der Waals surface area contributed by atoms with Crippen LogP contribution in [0.25, 0.3) is 10.9 Å². The van der Waals surface area contributed by atoms with Gasteiger partial charge >= 0.3 is 0 Å². The third kappa shape index (κ3) is 3.37. The van der Waals surface area contributed by atoms with Gasteiger partial charge in [-0.25, -0.2) is 0 Å². The molecule has 0 aliphatic carbocycles. The van der Waals surface area contributed by atoms with Gasteiger partial charge in [0.1, 0.15) is 5.69 Å². The highest BCUT2D eigenvalue weighted by atomic mass is 16.6. The van der Waals surface area contributed by atoms with Gasteiger partial charge in [-0.15, -0.1) is 0 Å². The number of carbonyl (C=O) groups is 1. The van der Waals surface area contributed by atoms with Gasteiger partial charge in [-0.3, -0.25) is 14.9 Å². The highest BCUT2D eigenvalue weighted by Crippen LogP contribution is 2.24. The number of hydrogen-bond donors (Lipinski definition) is 3. The average molecular weight is 352 g/mol. The second kappa shape index (κ2) is 7.26. The third-order valence-electron chi connectivity index (χ3n) is 4.41. The molecule has 2 aromatic carbocycles. The first-order valence-electron chi connectivity index (χ1n) is 8.32. The van der Waals surface area contributed by atoms with Crippen LogP contribution in [0.2, 0.25) is 0 Å². The smallest absolute Gasteiger partial charge is 0.292 e. The van der Waals surface area contributed by atoms with Gasteiger partial charge in [0.25, 0.3) is 11.6 Å². The van der Waals surface area contributed by atoms with Crippen LogP contribution in [0.3, 0.4) is 0 Å². The predicted octanol–water partition coefficient (Wildman–Crippen LogP) is 3.53. The lowest BCUT2D eigenvalue weighted by Gasteiger charge is -2.09. The number of carbonyl (C=O) groups excluding carboxylic acids is 1. The molecule has 134 valence electrons. The molecule has 0 aliphatic rings. The molecule has 3 rings (SSSR count). The topological polar surface area (TPSA) is 100 Å². The maximum atomic E-state index is 12.5. The number of nitrogens with one attached hydrogen (secondary N) is 3. The molecule has 0 aliphatic heterocycles. The lowest BCUT2D eigenvalue weighted by molar-refractivity contribution is -0.384. The number of aromatic nitrogens is 1. The van der Waals surface area contributed by atoms with Gasteiger partial charge in [-0.2, -0.15) is 0 Å². The largest absolute Gasteiger partial charge is 0.378 e. The van der Waals surface area contributed by atoms with Crippen LogP contribution in [-0.4, -0.2) is 28.9 Å². The number of H-pyrrole nitrogens is 1. The van der Waals surface area contributed by atoms with Crippen molar-refractivity contribution in [1.29, 1.82) is 0 Å². The van der Waals surface area contributed by atoms with Crippen LogP contribution in [0.5, 0.6) is 0 Å². The molecule has 0 radical (unpaired) electrons. The van der Waals surface area contributed by atoms with Gasteiger partial charge in [0.05, 0.1) is 16.0 Å². The van der Waals surface area contributed by atoms with Gasteiger partial charge in [0.15, 0.2) is 0 Å². The maximum Gasteiger partial charge on any atom is 0.292 e. The number of rotatable bonds is 6. The molecular formula is C19H20N4O3. The number of anilines is 1. The summed E-state index contributed by atoms with van der Waals surface area (Å²) >= 11 is 0. The van der Waals surface area contributed by atoms with Crippen LogP contribution in [-0.2, 0) is 0 Å².